The molecule has 2 aliphatic heterocycles. The molecule has 0 saturated carbocycles. The van der Waals surface area contributed by atoms with Gasteiger partial charge in [0, 0.05) is 37.8 Å². The number of carbonyl (C=O) groups excluding carboxylic acids is 1. The molecule has 3 rings (SSSR count). The van der Waals surface area contributed by atoms with Gasteiger partial charge in [-0.05, 0) is 25.8 Å². The molecule has 25 heavy (non-hydrogen) atoms. The maximum atomic E-state index is 12.8. The van der Waals surface area contributed by atoms with Gasteiger partial charge in [-0.25, -0.2) is 0 Å². The van der Waals surface area contributed by atoms with E-state index in [9.17, 15) is 4.79 Å². The molecule has 0 bridgehead atoms. The maximum absolute atomic E-state index is 12.8. The molecule has 2 heterocycles. The number of hydrogen-bond donors (Lipinski definition) is 0. The highest BCUT2D eigenvalue weighted by atomic mass is 16.5. The quantitative estimate of drug-likeness (QED) is 0.843. The van der Waals surface area contributed by atoms with Crippen molar-refractivity contribution in [3.05, 3.63) is 23.8 Å². The van der Waals surface area contributed by atoms with Gasteiger partial charge >= 0.3 is 0 Å². The number of benzene rings is 1. The van der Waals surface area contributed by atoms with Gasteiger partial charge < -0.3 is 14.4 Å². The molecule has 0 aromatic heterocycles. The molecule has 0 aliphatic carbocycles. The Morgan fingerprint density at radius 2 is 1.92 bits per heavy atom. The minimum Gasteiger partial charge on any atom is -0.497 e. The largest absolute Gasteiger partial charge is 0.497 e. The minimum absolute atomic E-state index is 0.0495. The van der Waals surface area contributed by atoms with Gasteiger partial charge in [-0.2, -0.15) is 0 Å². The van der Waals surface area contributed by atoms with Crippen LogP contribution in [0.5, 0.6) is 11.5 Å². The van der Waals surface area contributed by atoms with Gasteiger partial charge in [0.05, 0.1) is 13.7 Å². The lowest BCUT2D eigenvalue weighted by atomic mass is 10.1. The summed E-state index contributed by atoms with van der Waals surface area (Å²) < 4.78 is 11.3. The fraction of sp³-hybridized carbons (Fsp3) is 0.650. The third-order valence-corrected chi connectivity index (χ3v) is 5.08. The second kappa shape index (κ2) is 8.56. The predicted octanol–water partition coefficient (Wildman–Crippen LogP) is 3.07. The van der Waals surface area contributed by atoms with Crippen LogP contribution in [0.1, 0.15) is 44.6 Å². The van der Waals surface area contributed by atoms with E-state index >= 15 is 0 Å². The summed E-state index contributed by atoms with van der Waals surface area (Å²) in [6.45, 7) is 5.85. The highest BCUT2D eigenvalue weighted by molar-refractivity contribution is 5.78. The van der Waals surface area contributed by atoms with Gasteiger partial charge in [0.25, 0.3) is 0 Å². The fourth-order valence-corrected chi connectivity index (χ4v) is 3.73. The number of likely N-dealkylation sites (tertiary alicyclic amines) is 1. The topological polar surface area (TPSA) is 42.0 Å². The summed E-state index contributed by atoms with van der Waals surface area (Å²) in [5.74, 6) is 1.93. The average Bonchev–Trinajstić information content (AvgIpc) is 2.70. The van der Waals surface area contributed by atoms with E-state index in [4.69, 9.17) is 9.47 Å². The smallest absolute Gasteiger partial charge is 0.236 e. The van der Waals surface area contributed by atoms with Crippen LogP contribution >= 0.6 is 0 Å². The van der Waals surface area contributed by atoms with Crippen LogP contribution in [-0.4, -0.2) is 55.1 Å². The van der Waals surface area contributed by atoms with E-state index < -0.39 is 0 Å². The highest BCUT2D eigenvalue weighted by Crippen LogP contribution is 2.29. The molecule has 1 amide bonds. The second-order valence-corrected chi connectivity index (χ2v) is 7.22. The van der Waals surface area contributed by atoms with Gasteiger partial charge in [-0.3, -0.25) is 9.69 Å². The Morgan fingerprint density at radius 1 is 1.20 bits per heavy atom. The molecule has 0 spiro atoms. The fourth-order valence-electron chi connectivity index (χ4n) is 3.73. The Balaban J connectivity index is 1.66. The summed E-state index contributed by atoms with van der Waals surface area (Å²) in [6, 6.07) is 5.94. The van der Waals surface area contributed by atoms with Crippen LogP contribution in [0.25, 0.3) is 0 Å². The normalized spacial score (nSPS) is 22.2. The van der Waals surface area contributed by atoms with Crippen molar-refractivity contribution in [1.29, 1.82) is 0 Å². The van der Waals surface area contributed by atoms with Gasteiger partial charge in [-0.15, -0.1) is 0 Å². The molecular weight excluding hydrogens is 316 g/mol. The van der Waals surface area contributed by atoms with Crippen molar-refractivity contribution < 1.29 is 14.3 Å². The molecule has 1 fully saturated rings. The minimum atomic E-state index is 0.0495. The zero-order valence-corrected chi connectivity index (χ0v) is 15.5. The molecule has 0 radical (unpaired) electrons. The summed E-state index contributed by atoms with van der Waals surface area (Å²) in [4.78, 5) is 17.1. The first-order chi connectivity index (χ1) is 12.2. The van der Waals surface area contributed by atoms with Crippen LogP contribution in [0.3, 0.4) is 0 Å². The standard InChI is InChI=1S/C20H30N2O3/c1-16-13-21(14-17-8-9-18(24-2)12-19(17)25-16)15-20(23)22-10-6-4-3-5-7-11-22/h8-9,12,16H,3-7,10-11,13-15H2,1-2H3. The lowest BCUT2D eigenvalue weighted by Gasteiger charge is -2.28. The Morgan fingerprint density at radius 3 is 2.64 bits per heavy atom. The van der Waals surface area contributed by atoms with Crippen molar-refractivity contribution in [2.24, 2.45) is 0 Å². The predicted molar refractivity (Wildman–Crippen MR) is 98.0 cm³/mol. The molecular formula is C20H30N2O3. The first-order valence-corrected chi connectivity index (χ1v) is 9.49. The van der Waals surface area contributed by atoms with Gasteiger partial charge in [-0.1, -0.05) is 25.3 Å². The van der Waals surface area contributed by atoms with E-state index in [1.54, 1.807) is 7.11 Å². The molecule has 1 unspecified atom stereocenters. The lowest BCUT2D eigenvalue weighted by molar-refractivity contribution is -0.133. The van der Waals surface area contributed by atoms with Crippen molar-refractivity contribution in [2.45, 2.75) is 51.7 Å². The van der Waals surface area contributed by atoms with E-state index in [1.807, 2.05) is 18.2 Å². The average molecular weight is 346 g/mol. The summed E-state index contributed by atoms with van der Waals surface area (Å²) in [5.41, 5.74) is 1.12. The van der Waals surface area contributed by atoms with Crippen LogP contribution in [-0.2, 0) is 11.3 Å². The zero-order chi connectivity index (χ0) is 17.6. The summed E-state index contributed by atoms with van der Waals surface area (Å²) in [7, 11) is 1.66. The van der Waals surface area contributed by atoms with Crippen LogP contribution in [0.4, 0.5) is 0 Å². The SMILES string of the molecule is COc1ccc2c(c1)OC(C)CN(CC(=O)N1CCCCCCC1)C2. The lowest BCUT2D eigenvalue weighted by Crippen LogP contribution is -2.43. The number of nitrogens with zero attached hydrogens (tertiary/aromatic N) is 2. The zero-order valence-electron chi connectivity index (χ0n) is 15.5. The first-order valence-electron chi connectivity index (χ1n) is 9.49. The van der Waals surface area contributed by atoms with Crippen molar-refractivity contribution in [1.82, 2.24) is 9.80 Å². The highest BCUT2D eigenvalue weighted by Gasteiger charge is 2.24. The number of rotatable bonds is 3. The van der Waals surface area contributed by atoms with Crippen LogP contribution in [0.15, 0.2) is 18.2 Å². The van der Waals surface area contributed by atoms with E-state index in [0.29, 0.717) is 6.54 Å². The maximum Gasteiger partial charge on any atom is 0.236 e. The van der Waals surface area contributed by atoms with Gasteiger partial charge in [0.15, 0.2) is 0 Å². The van der Waals surface area contributed by atoms with E-state index in [2.05, 4.69) is 16.7 Å². The number of carbonyl (C=O) groups is 1. The molecule has 5 heteroatoms. The first kappa shape index (κ1) is 18.1. The van der Waals surface area contributed by atoms with Crippen LogP contribution < -0.4 is 9.47 Å². The number of fused-ring (bicyclic) bond motifs is 1. The van der Waals surface area contributed by atoms with Crippen molar-refractivity contribution in [3.63, 3.8) is 0 Å². The Bertz CT molecular complexity index is 582. The van der Waals surface area contributed by atoms with Gasteiger partial charge in [0.2, 0.25) is 5.91 Å². The van der Waals surface area contributed by atoms with Crippen molar-refractivity contribution >= 4 is 5.91 Å². The molecule has 5 nitrogen and oxygen atoms in total. The third-order valence-electron chi connectivity index (χ3n) is 5.08. The van der Waals surface area contributed by atoms with Gasteiger partial charge in [0.1, 0.15) is 17.6 Å². The monoisotopic (exact) mass is 346 g/mol. The van der Waals surface area contributed by atoms with E-state index in [0.717, 1.165) is 56.1 Å². The molecule has 1 atom stereocenters. The summed E-state index contributed by atoms with van der Waals surface area (Å²) >= 11 is 0. The number of amides is 1. The molecule has 1 saturated heterocycles. The molecule has 2 aliphatic rings. The Hall–Kier alpha value is -1.75. The Labute approximate surface area is 150 Å². The molecule has 1 aromatic carbocycles. The number of hydrogen-bond acceptors (Lipinski definition) is 4. The number of ether oxygens (including phenoxy) is 2. The van der Waals surface area contributed by atoms with E-state index in [1.165, 1.54) is 19.3 Å². The van der Waals surface area contributed by atoms with Crippen LogP contribution in [0.2, 0.25) is 0 Å². The Kier molecular flexibility index (Phi) is 6.19. The molecule has 0 N–H and O–H groups in total. The summed E-state index contributed by atoms with van der Waals surface area (Å²) in [5, 5.41) is 0. The second-order valence-electron chi connectivity index (χ2n) is 7.22. The third kappa shape index (κ3) is 4.88. The van der Waals surface area contributed by atoms with Crippen LogP contribution in [0, 0.1) is 0 Å². The van der Waals surface area contributed by atoms with E-state index in [-0.39, 0.29) is 12.0 Å². The molecule has 1 aromatic rings. The summed E-state index contributed by atoms with van der Waals surface area (Å²) in [6.07, 6.45) is 6.11. The van der Waals surface area contributed by atoms with Crippen molar-refractivity contribution in [2.75, 3.05) is 33.3 Å². The molecule has 138 valence electrons. The van der Waals surface area contributed by atoms with Crippen molar-refractivity contribution in [3.8, 4) is 11.5 Å². The number of methoxy groups -OCH3 is 1.